The number of aromatic nitrogens is 4. The Balaban J connectivity index is 1.36. The highest BCUT2D eigenvalue weighted by Gasteiger charge is 2.25. The van der Waals surface area contributed by atoms with E-state index in [0.717, 1.165) is 44.7 Å². The average molecular weight is 478 g/mol. The van der Waals surface area contributed by atoms with Gasteiger partial charge in [0.05, 0.1) is 17.2 Å². The van der Waals surface area contributed by atoms with Gasteiger partial charge in [0.2, 0.25) is 0 Å². The van der Waals surface area contributed by atoms with E-state index in [-0.39, 0.29) is 10.7 Å². The number of benzene rings is 2. The van der Waals surface area contributed by atoms with Gasteiger partial charge in [0.1, 0.15) is 4.90 Å². The van der Waals surface area contributed by atoms with Crippen molar-refractivity contribution in [3.05, 3.63) is 72.6 Å². The minimum absolute atomic E-state index is 0.0849. The summed E-state index contributed by atoms with van der Waals surface area (Å²) in [6.45, 7) is 4.21. The maximum Gasteiger partial charge on any atom is 0.266 e. The topological polar surface area (TPSA) is 96.2 Å². The quantitative estimate of drug-likeness (QED) is 0.437. The number of nitrogens with zero attached hydrogens (tertiary/aromatic N) is 6. The molecule has 1 fully saturated rings. The summed E-state index contributed by atoms with van der Waals surface area (Å²) in [5.74, 6) is 0.786. The molecule has 0 amide bonds. The fourth-order valence-corrected chi connectivity index (χ4v) is 5.11. The van der Waals surface area contributed by atoms with Crippen LogP contribution < -0.4 is 9.62 Å². The average Bonchev–Trinajstić information content (AvgIpc) is 3.30. The molecule has 0 aliphatic carbocycles. The number of piperazine rings is 1. The highest BCUT2D eigenvalue weighted by molar-refractivity contribution is 7.92. The van der Waals surface area contributed by atoms with Crippen LogP contribution in [-0.2, 0) is 23.5 Å². The molecule has 3 heterocycles. The van der Waals surface area contributed by atoms with Crippen molar-refractivity contribution in [3.8, 4) is 0 Å². The Morgan fingerprint density at radius 1 is 0.912 bits per heavy atom. The van der Waals surface area contributed by atoms with E-state index in [0.29, 0.717) is 11.3 Å². The first-order valence-electron chi connectivity index (χ1n) is 11.3. The molecular formula is C24H27N7O2S. The van der Waals surface area contributed by atoms with Crippen LogP contribution in [0.15, 0.2) is 71.9 Å². The molecule has 176 valence electrons. The van der Waals surface area contributed by atoms with Crippen molar-refractivity contribution in [3.63, 3.8) is 0 Å². The van der Waals surface area contributed by atoms with Crippen LogP contribution in [-0.4, -0.2) is 65.8 Å². The summed E-state index contributed by atoms with van der Waals surface area (Å²) in [5, 5.41) is 3.98. The first-order chi connectivity index (χ1) is 16.5. The Hall–Kier alpha value is -3.50. The van der Waals surface area contributed by atoms with E-state index in [9.17, 15) is 8.42 Å². The van der Waals surface area contributed by atoms with Gasteiger partial charge in [-0.2, -0.15) is 5.10 Å². The van der Waals surface area contributed by atoms with Crippen LogP contribution in [0.25, 0.3) is 11.0 Å². The molecule has 1 aliphatic heterocycles. The van der Waals surface area contributed by atoms with Gasteiger partial charge >= 0.3 is 0 Å². The lowest BCUT2D eigenvalue weighted by Gasteiger charge is -2.36. The second kappa shape index (κ2) is 9.40. The van der Waals surface area contributed by atoms with Crippen LogP contribution in [0.1, 0.15) is 5.56 Å². The number of anilines is 2. The van der Waals surface area contributed by atoms with Gasteiger partial charge in [0.25, 0.3) is 10.0 Å². The third-order valence-corrected chi connectivity index (χ3v) is 7.30. The largest absolute Gasteiger partial charge is 0.351 e. The minimum atomic E-state index is -3.85. The molecule has 34 heavy (non-hydrogen) atoms. The summed E-state index contributed by atoms with van der Waals surface area (Å²) in [6, 6.07) is 18.0. The second-order valence-electron chi connectivity index (χ2n) is 8.40. The Morgan fingerprint density at radius 3 is 2.26 bits per heavy atom. The van der Waals surface area contributed by atoms with Crippen molar-refractivity contribution in [2.75, 3.05) is 42.3 Å². The molecule has 5 rings (SSSR count). The van der Waals surface area contributed by atoms with Gasteiger partial charge in [-0.1, -0.05) is 42.5 Å². The smallest absolute Gasteiger partial charge is 0.266 e. The van der Waals surface area contributed by atoms with Crippen molar-refractivity contribution in [1.82, 2.24) is 24.6 Å². The van der Waals surface area contributed by atoms with E-state index in [4.69, 9.17) is 4.98 Å². The number of sulfonamides is 1. The van der Waals surface area contributed by atoms with Crippen LogP contribution in [0.4, 0.5) is 11.6 Å². The second-order valence-corrected chi connectivity index (χ2v) is 10.1. The summed E-state index contributed by atoms with van der Waals surface area (Å²) in [4.78, 5) is 14.0. The fourth-order valence-electron chi connectivity index (χ4n) is 4.12. The van der Waals surface area contributed by atoms with Crippen molar-refractivity contribution in [2.24, 2.45) is 7.05 Å². The molecule has 0 spiro atoms. The van der Waals surface area contributed by atoms with E-state index in [1.54, 1.807) is 7.05 Å². The highest BCUT2D eigenvalue weighted by Crippen LogP contribution is 2.28. The number of nitrogens with one attached hydrogen (secondary N) is 1. The van der Waals surface area contributed by atoms with Crippen molar-refractivity contribution >= 4 is 32.7 Å². The standard InChI is InChI=1S/C24H27N7O2S/c1-29-18-20(17-25-29)34(32,33)28-23-24(27-22-10-6-5-9-21(22)26-23)31-15-13-30(14-16-31)12-11-19-7-3-2-4-8-19/h2-10,17-18H,11-16H2,1H3,(H,26,28). The van der Waals surface area contributed by atoms with Gasteiger partial charge in [-0.25, -0.2) is 18.4 Å². The predicted molar refractivity (Wildman–Crippen MR) is 132 cm³/mol. The SMILES string of the molecule is Cn1cc(S(=O)(=O)Nc2nc3ccccc3nc2N2CCN(CCc3ccccc3)CC2)cn1. The molecule has 4 aromatic rings. The third kappa shape index (κ3) is 4.87. The summed E-state index contributed by atoms with van der Waals surface area (Å²) < 4.78 is 30.1. The summed E-state index contributed by atoms with van der Waals surface area (Å²) >= 11 is 0. The van der Waals surface area contributed by atoms with Gasteiger partial charge in [-0.15, -0.1) is 0 Å². The fraction of sp³-hybridized carbons (Fsp3) is 0.292. The zero-order chi connectivity index (χ0) is 23.5. The Bertz CT molecular complexity index is 1380. The number of fused-ring (bicyclic) bond motifs is 1. The number of aryl methyl sites for hydroxylation is 1. The van der Waals surface area contributed by atoms with Crippen LogP contribution in [0, 0.1) is 0 Å². The van der Waals surface area contributed by atoms with Crippen molar-refractivity contribution in [1.29, 1.82) is 0 Å². The van der Waals surface area contributed by atoms with Crippen molar-refractivity contribution < 1.29 is 8.42 Å². The normalized spacial score (nSPS) is 15.0. The number of hydrogen-bond acceptors (Lipinski definition) is 7. The highest BCUT2D eigenvalue weighted by atomic mass is 32.2. The Kier molecular flexibility index (Phi) is 6.16. The minimum Gasteiger partial charge on any atom is -0.351 e. The molecule has 0 atom stereocenters. The maximum atomic E-state index is 13.0. The molecule has 9 nitrogen and oxygen atoms in total. The summed E-state index contributed by atoms with van der Waals surface area (Å²) in [7, 11) is -2.17. The first-order valence-corrected chi connectivity index (χ1v) is 12.8. The molecular weight excluding hydrogens is 450 g/mol. The molecule has 2 aromatic heterocycles. The lowest BCUT2D eigenvalue weighted by molar-refractivity contribution is 0.260. The van der Waals surface area contributed by atoms with E-state index in [1.165, 1.54) is 22.6 Å². The summed E-state index contributed by atoms with van der Waals surface area (Å²) in [5.41, 5.74) is 2.70. The molecule has 10 heteroatoms. The number of rotatable bonds is 7. The van der Waals surface area contributed by atoms with Crippen LogP contribution in [0.5, 0.6) is 0 Å². The molecule has 0 unspecified atom stereocenters. The van der Waals surface area contributed by atoms with Gasteiger partial charge in [0.15, 0.2) is 11.6 Å². The van der Waals surface area contributed by atoms with Crippen LogP contribution in [0.2, 0.25) is 0 Å². The number of para-hydroxylation sites is 2. The molecule has 2 aromatic carbocycles. The molecule has 1 N–H and O–H groups in total. The van der Waals surface area contributed by atoms with Gasteiger partial charge < -0.3 is 4.90 Å². The van der Waals surface area contributed by atoms with E-state index in [2.05, 4.69) is 48.9 Å². The van der Waals surface area contributed by atoms with Gasteiger partial charge in [-0.05, 0) is 24.1 Å². The zero-order valence-corrected chi connectivity index (χ0v) is 19.8. The predicted octanol–water partition coefficient (Wildman–Crippen LogP) is 2.53. The zero-order valence-electron chi connectivity index (χ0n) is 19.0. The van der Waals surface area contributed by atoms with Crippen LogP contribution >= 0.6 is 0 Å². The van der Waals surface area contributed by atoms with Gasteiger partial charge in [-0.3, -0.25) is 14.3 Å². The molecule has 0 saturated carbocycles. The molecule has 0 radical (unpaired) electrons. The molecule has 1 saturated heterocycles. The maximum absolute atomic E-state index is 13.0. The van der Waals surface area contributed by atoms with Crippen LogP contribution in [0.3, 0.4) is 0 Å². The first kappa shape index (κ1) is 22.3. The lowest BCUT2D eigenvalue weighted by atomic mass is 10.1. The Labute approximate surface area is 199 Å². The van der Waals surface area contributed by atoms with Gasteiger partial charge in [0, 0.05) is 46.0 Å². The number of hydrogen-bond donors (Lipinski definition) is 1. The van der Waals surface area contributed by atoms with E-state index in [1.807, 2.05) is 30.3 Å². The van der Waals surface area contributed by atoms with E-state index >= 15 is 0 Å². The third-order valence-electron chi connectivity index (χ3n) is 6.01. The summed E-state index contributed by atoms with van der Waals surface area (Å²) in [6.07, 6.45) is 3.79. The molecule has 1 aliphatic rings. The Morgan fingerprint density at radius 2 is 1.59 bits per heavy atom. The van der Waals surface area contributed by atoms with E-state index < -0.39 is 10.0 Å². The monoisotopic (exact) mass is 477 g/mol. The van der Waals surface area contributed by atoms with Crippen molar-refractivity contribution in [2.45, 2.75) is 11.3 Å². The lowest BCUT2D eigenvalue weighted by Crippen LogP contribution is -2.47. The molecule has 0 bridgehead atoms.